The molecular weight excluding hydrogens is 184 g/mol. The fourth-order valence-electron chi connectivity index (χ4n) is 2.02. The lowest BCUT2D eigenvalue weighted by molar-refractivity contribution is 0.561. The summed E-state index contributed by atoms with van der Waals surface area (Å²) in [7, 11) is 0. The Bertz CT molecular complexity index is 301. The van der Waals surface area contributed by atoms with Crippen LogP contribution in [0.2, 0.25) is 0 Å². The van der Waals surface area contributed by atoms with Crippen LogP contribution >= 0.6 is 0 Å². The maximum absolute atomic E-state index is 5.83. The van der Waals surface area contributed by atoms with E-state index in [1.165, 1.54) is 31.2 Å². The molecule has 0 saturated carbocycles. The normalized spacial score (nSPS) is 10.9. The van der Waals surface area contributed by atoms with Crippen LogP contribution in [0.15, 0.2) is 18.2 Å². The van der Waals surface area contributed by atoms with E-state index >= 15 is 0 Å². The van der Waals surface area contributed by atoms with Gasteiger partial charge in [0.1, 0.15) is 0 Å². The van der Waals surface area contributed by atoms with Crippen LogP contribution in [0.25, 0.3) is 0 Å². The van der Waals surface area contributed by atoms with E-state index in [-0.39, 0.29) is 0 Å². The van der Waals surface area contributed by atoms with Gasteiger partial charge >= 0.3 is 0 Å². The Labute approximate surface area is 92.7 Å². The van der Waals surface area contributed by atoms with Crippen molar-refractivity contribution in [1.82, 2.24) is 0 Å². The summed E-state index contributed by atoms with van der Waals surface area (Å²) in [5.74, 6) is 0.642. The molecule has 0 fully saturated rings. The smallest absolute Gasteiger partial charge is 0.0550 e. The van der Waals surface area contributed by atoms with Gasteiger partial charge in [-0.3, -0.25) is 0 Å². The second-order valence-corrected chi connectivity index (χ2v) is 4.16. The van der Waals surface area contributed by atoms with Crippen LogP contribution in [-0.2, 0) is 0 Å². The van der Waals surface area contributed by atoms with Crippen LogP contribution in [0, 0.1) is 0 Å². The van der Waals surface area contributed by atoms with Crippen LogP contribution in [-0.4, -0.2) is 0 Å². The van der Waals surface area contributed by atoms with Crippen molar-refractivity contribution in [3.8, 4) is 0 Å². The number of nitrogen functional groups attached to an aromatic ring is 2. The number of nitrogens with two attached hydrogens (primary N) is 2. The molecule has 0 unspecified atom stereocenters. The summed E-state index contributed by atoms with van der Waals surface area (Å²) in [5.41, 5.74) is 14.3. The van der Waals surface area contributed by atoms with Gasteiger partial charge in [0, 0.05) is 0 Å². The quantitative estimate of drug-likeness (QED) is 0.724. The highest BCUT2D eigenvalue weighted by Gasteiger charge is 2.10. The zero-order valence-electron chi connectivity index (χ0n) is 9.79. The molecule has 0 bridgehead atoms. The van der Waals surface area contributed by atoms with Gasteiger partial charge in [0.25, 0.3) is 0 Å². The highest BCUT2D eigenvalue weighted by Crippen LogP contribution is 2.29. The third kappa shape index (κ3) is 3.15. The molecule has 0 aliphatic carbocycles. The molecule has 0 aliphatic rings. The van der Waals surface area contributed by atoms with E-state index in [2.05, 4.69) is 19.9 Å². The number of rotatable bonds is 5. The average Bonchev–Trinajstić information content (AvgIpc) is 2.22. The lowest BCUT2D eigenvalue weighted by Crippen LogP contribution is -2.01. The predicted molar refractivity (Wildman–Crippen MR) is 67.8 cm³/mol. The van der Waals surface area contributed by atoms with Gasteiger partial charge in [-0.1, -0.05) is 32.8 Å². The first kappa shape index (κ1) is 11.9. The number of anilines is 2. The lowest BCUT2D eigenvalue weighted by atomic mass is 9.90. The SMILES string of the molecule is CCCC(CCC)c1ccc(N)c(N)c1. The van der Waals surface area contributed by atoms with Gasteiger partial charge in [-0.25, -0.2) is 0 Å². The maximum Gasteiger partial charge on any atom is 0.0550 e. The van der Waals surface area contributed by atoms with Crippen LogP contribution in [0.5, 0.6) is 0 Å². The minimum Gasteiger partial charge on any atom is -0.397 e. The second-order valence-electron chi connectivity index (χ2n) is 4.16. The Kier molecular flexibility index (Phi) is 4.47. The summed E-state index contributed by atoms with van der Waals surface area (Å²) in [6, 6.07) is 6.07. The molecule has 0 saturated heterocycles. The third-order valence-corrected chi connectivity index (χ3v) is 2.86. The van der Waals surface area contributed by atoms with E-state index in [1.54, 1.807) is 0 Å². The molecule has 1 aromatic carbocycles. The monoisotopic (exact) mass is 206 g/mol. The van der Waals surface area contributed by atoms with Gasteiger partial charge in [0.15, 0.2) is 0 Å². The zero-order chi connectivity index (χ0) is 11.3. The Morgan fingerprint density at radius 1 is 1.00 bits per heavy atom. The van der Waals surface area contributed by atoms with Crippen molar-refractivity contribution in [2.24, 2.45) is 0 Å². The minimum atomic E-state index is 0.642. The minimum absolute atomic E-state index is 0.642. The highest BCUT2D eigenvalue weighted by atomic mass is 14.7. The summed E-state index contributed by atoms with van der Waals surface area (Å²) in [5, 5.41) is 0. The summed E-state index contributed by atoms with van der Waals surface area (Å²) in [6.45, 7) is 4.45. The molecule has 4 N–H and O–H groups in total. The van der Waals surface area contributed by atoms with Gasteiger partial charge in [-0.05, 0) is 36.5 Å². The molecule has 84 valence electrons. The van der Waals surface area contributed by atoms with E-state index in [0.717, 1.165) is 0 Å². The topological polar surface area (TPSA) is 52.0 Å². The van der Waals surface area contributed by atoms with Gasteiger partial charge in [-0.2, -0.15) is 0 Å². The number of hydrogen-bond donors (Lipinski definition) is 2. The Morgan fingerprint density at radius 2 is 1.60 bits per heavy atom. The van der Waals surface area contributed by atoms with Crippen molar-refractivity contribution < 1.29 is 0 Å². The molecule has 0 aliphatic heterocycles. The first-order chi connectivity index (χ1) is 7.19. The molecule has 0 amide bonds. The zero-order valence-corrected chi connectivity index (χ0v) is 9.79. The Balaban J connectivity index is 2.85. The van der Waals surface area contributed by atoms with E-state index < -0.39 is 0 Å². The molecule has 1 aromatic rings. The molecule has 0 heterocycles. The highest BCUT2D eigenvalue weighted by molar-refractivity contribution is 5.64. The van der Waals surface area contributed by atoms with Crippen LogP contribution in [0.3, 0.4) is 0 Å². The van der Waals surface area contributed by atoms with Gasteiger partial charge in [-0.15, -0.1) is 0 Å². The van der Waals surface area contributed by atoms with E-state index in [1.807, 2.05) is 12.1 Å². The summed E-state index contributed by atoms with van der Waals surface area (Å²) < 4.78 is 0. The fraction of sp³-hybridized carbons (Fsp3) is 0.538. The van der Waals surface area contributed by atoms with Crippen molar-refractivity contribution >= 4 is 11.4 Å². The number of benzene rings is 1. The molecule has 0 spiro atoms. The number of hydrogen-bond acceptors (Lipinski definition) is 2. The van der Waals surface area contributed by atoms with Gasteiger partial charge in [0.2, 0.25) is 0 Å². The van der Waals surface area contributed by atoms with Crippen molar-refractivity contribution in [1.29, 1.82) is 0 Å². The van der Waals surface area contributed by atoms with Crippen LogP contribution in [0.4, 0.5) is 11.4 Å². The van der Waals surface area contributed by atoms with Gasteiger partial charge in [0.05, 0.1) is 11.4 Å². The third-order valence-electron chi connectivity index (χ3n) is 2.86. The van der Waals surface area contributed by atoms with Gasteiger partial charge < -0.3 is 11.5 Å². The van der Waals surface area contributed by atoms with Crippen molar-refractivity contribution in [3.63, 3.8) is 0 Å². The average molecular weight is 206 g/mol. The molecule has 2 nitrogen and oxygen atoms in total. The predicted octanol–water partition coefficient (Wildman–Crippen LogP) is 3.53. The first-order valence-corrected chi connectivity index (χ1v) is 5.83. The standard InChI is InChI=1S/C13H22N2/c1-3-5-10(6-4-2)11-7-8-12(14)13(15)9-11/h7-10H,3-6,14-15H2,1-2H3. The molecule has 0 radical (unpaired) electrons. The molecular formula is C13H22N2. The fourth-order valence-corrected chi connectivity index (χ4v) is 2.02. The van der Waals surface area contributed by atoms with E-state index in [4.69, 9.17) is 11.5 Å². The molecule has 15 heavy (non-hydrogen) atoms. The molecule has 1 rings (SSSR count). The summed E-state index contributed by atoms with van der Waals surface area (Å²) in [4.78, 5) is 0. The summed E-state index contributed by atoms with van der Waals surface area (Å²) in [6.07, 6.45) is 4.90. The lowest BCUT2D eigenvalue weighted by Gasteiger charge is -2.16. The Hall–Kier alpha value is -1.18. The van der Waals surface area contributed by atoms with Crippen molar-refractivity contribution in [2.45, 2.75) is 45.4 Å². The maximum atomic E-state index is 5.83. The molecule has 2 heteroatoms. The largest absolute Gasteiger partial charge is 0.397 e. The first-order valence-electron chi connectivity index (χ1n) is 5.83. The van der Waals surface area contributed by atoms with Crippen LogP contribution < -0.4 is 11.5 Å². The summed E-state index contributed by atoms with van der Waals surface area (Å²) >= 11 is 0. The Morgan fingerprint density at radius 3 is 2.07 bits per heavy atom. The molecule has 0 atom stereocenters. The van der Waals surface area contributed by atoms with E-state index in [9.17, 15) is 0 Å². The van der Waals surface area contributed by atoms with Crippen LogP contribution in [0.1, 0.15) is 51.0 Å². The second kappa shape index (κ2) is 5.64. The van der Waals surface area contributed by atoms with Crippen molar-refractivity contribution in [2.75, 3.05) is 11.5 Å². The van der Waals surface area contributed by atoms with Crippen molar-refractivity contribution in [3.05, 3.63) is 23.8 Å². The molecule has 0 aromatic heterocycles. The van der Waals surface area contributed by atoms with E-state index in [0.29, 0.717) is 17.3 Å².